The van der Waals surface area contributed by atoms with Crippen molar-refractivity contribution in [1.29, 1.82) is 0 Å². The van der Waals surface area contributed by atoms with Crippen molar-refractivity contribution in [2.75, 3.05) is 4.90 Å². The van der Waals surface area contributed by atoms with Gasteiger partial charge in [-0.05, 0) is 123 Å². The van der Waals surface area contributed by atoms with E-state index in [1.165, 1.54) is 90.2 Å². The molecule has 1 aromatic heterocycles. The van der Waals surface area contributed by atoms with Crippen molar-refractivity contribution >= 4 is 49.6 Å². The highest BCUT2D eigenvalue weighted by Crippen LogP contribution is 2.48. The standard InChI is InChI=1S/C54H46N2/c1-53(2)32-33-54(3,4)49-36-44(30-31-48(49)53)55(43-17-13-16-40(35-43)41-25-24-37-14-5-6-15-39(37)34-41)42-28-26-38(27-29-42)45-18-7-10-21-50(45)56-51-22-11-8-19-46(51)47-20-9-12-23-52(47)56/h5-31,34-36H,32-33H2,1-4H3. The van der Waals surface area contributed by atoms with E-state index in [9.17, 15) is 0 Å². The molecule has 0 saturated carbocycles. The van der Waals surface area contributed by atoms with Gasteiger partial charge in [-0.1, -0.05) is 149 Å². The maximum Gasteiger partial charge on any atom is 0.0541 e. The lowest BCUT2D eigenvalue weighted by molar-refractivity contribution is 0.332. The van der Waals surface area contributed by atoms with Crippen LogP contribution in [0.25, 0.3) is 60.5 Å². The fraction of sp³-hybridized carbons (Fsp3) is 0.148. The van der Waals surface area contributed by atoms with Crippen LogP contribution in [0.5, 0.6) is 0 Å². The maximum atomic E-state index is 2.48. The molecule has 0 aliphatic heterocycles. The SMILES string of the molecule is CC1(C)CCC(C)(C)c2cc(N(c3ccc(-c4ccccc4-n4c5ccccc5c5ccccc54)cc3)c3cccc(-c4ccc5ccccc5c4)c3)ccc21. The van der Waals surface area contributed by atoms with Gasteiger partial charge >= 0.3 is 0 Å². The predicted octanol–water partition coefficient (Wildman–Crippen LogP) is 15.1. The Morgan fingerprint density at radius 2 is 0.982 bits per heavy atom. The molecule has 8 aromatic carbocycles. The lowest BCUT2D eigenvalue weighted by atomic mass is 9.63. The van der Waals surface area contributed by atoms with Crippen LogP contribution < -0.4 is 4.90 Å². The molecule has 0 atom stereocenters. The van der Waals surface area contributed by atoms with Crippen LogP contribution in [0.4, 0.5) is 17.1 Å². The Kier molecular flexibility index (Phi) is 8.01. The van der Waals surface area contributed by atoms with Gasteiger partial charge in [0.1, 0.15) is 0 Å². The molecule has 0 fully saturated rings. The first-order valence-electron chi connectivity index (χ1n) is 20.0. The maximum absolute atomic E-state index is 2.48. The summed E-state index contributed by atoms with van der Waals surface area (Å²) in [4.78, 5) is 2.45. The third-order valence-electron chi connectivity index (χ3n) is 12.4. The highest BCUT2D eigenvalue weighted by Gasteiger charge is 2.37. The highest BCUT2D eigenvalue weighted by molar-refractivity contribution is 6.09. The number of benzene rings is 8. The van der Waals surface area contributed by atoms with E-state index in [0.29, 0.717) is 0 Å². The summed E-state index contributed by atoms with van der Waals surface area (Å²) >= 11 is 0. The summed E-state index contributed by atoms with van der Waals surface area (Å²) in [7, 11) is 0. The van der Waals surface area contributed by atoms with E-state index in [0.717, 1.165) is 11.4 Å². The Balaban J connectivity index is 1.11. The predicted molar refractivity (Wildman–Crippen MR) is 239 cm³/mol. The van der Waals surface area contributed by atoms with Crippen molar-refractivity contribution in [3.05, 3.63) is 193 Å². The zero-order valence-corrected chi connectivity index (χ0v) is 32.6. The second-order valence-electron chi connectivity index (χ2n) is 16.9. The lowest BCUT2D eigenvalue weighted by Gasteiger charge is -2.42. The number of rotatable bonds is 6. The Bertz CT molecular complexity index is 2870. The first-order valence-corrected chi connectivity index (χ1v) is 20.0. The van der Waals surface area contributed by atoms with Crippen LogP contribution in [0.3, 0.4) is 0 Å². The van der Waals surface area contributed by atoms with Gasteiger partial charge in [-0.25, -0.2) is 0 Å². The average Bonchev–Trinajstić information content (AvgIpc) is 3.57. The summed E-state index contributed by atoms with van der Waals surface area (Å²) in [5, 5.41) is 5.05. The van der Waals surface area contributed by atoms with E-state index in [1.54, 1.807) is 0 Å². The molecule has 0 saturated heterocycles. The van der Waals surface area contributed by atoms with Crippen LogP contribution in [0.2, 0.25) is 0 Å². The van der Waals surface area contributed by atoms with Crippen LogP contribution >= 0.6 is 0 Å². The lowest BCUT2D eigenvalue weighted by Crippen LogP contribution is -2.34. The van der Waals surface area contributed by atoms with E-state index in [1.807, 2.05) is 0 Å². The normalized spacial score (nSPS) is 14.6. The number of fused-ring (bicyclic) bond motifs is 5. The molecule has 10 rings (SSSR count). The van der Waals surface area contributed by atoms with Crippen molar-refractivity contribution in [1.82, 2.24) is 4.57 Å². The zero-order valence-electron chi connectivity index (χ0n) is 32.6. The van der Waals surface area contributed by atoms with Gasteiger partial charge in [0, 0.05) is 33.4 Å². The van der Waals surface area contributed by atoms with Crippen molar-refractivity contribution < 1.29 is 0 Å². The van der Waals surface area contributed by atoms with Gasteiger partial charge in [-0.2, -0.15) is 0 Å². The smallest absolute Gasteiger partial charge is 0.0541 e. The number of hydrogen-bond donors (Lipinski definition) is 0. The molecule has 0 radical (unpaired) electrons. The average molecular weight is 723 g/mol. The second-order valence-corrected chi connectivity index (χ2v) is 16.9. The molecule has 2 heteroatoms. The van der Waals surface area contributed by atoms with Crippen molar-refractivity contribution in [3.63, 3.8) is 0 Å². The van der Waals surface area contributed by atoms with Gasteiger partial charge in [0.25, 0.3) is 0 Å². The third kappa shape index (κ3) is 5.71. The minimum absolute atomic E-state index is 0.0971. The van der Waals surface area contributed by atoms with Gasteiger partial charge in [-0.3, -0.25) is 0 Å². The first kappa shape index (κ1) is 34.1. The topological polar surface area (TPSA) is 8.17 Å². The monoisotopic (exact) mass is 722 g/mol. The summed E-state index contributed by atoms with van der Waals surface area (Å²) < 4.78 is 2.43. The summed E-state index contributed by atoms with van der Waals surface area (Å²) in [6, 6.07) is 67.2. The minimum atomic E-state index is 0.0971. The van der Waals surface area contributed by atoms with Gasteiger partial charge < -0.3 is 9.47 Å². The van der Waals surface area contributed by atoms with E-state index in [4.69, 9.17) is 0 Å². The van der Waals surface area contributed by atoms with Crippen LogP contribution in [0, 0.1) is 0 Å². The second kappa shape index (κ2) is 13.1. The number of nitrogens with zero attached hydrogens (tertiary/aromatic N) is 2. The molecule has 272 valence electrons. The minimum Gasteiger partial charge on any atom is -0.310 e. The van der Waals surface area contributed by atoms with Crippen LogP contribution in [-0.4, -0.2) is 4.57 Å². The summed E-state index contributed by atoms with van der Waals surface area (Å²) in [5.41, 5.74) is 15.0. The van der Waals surface area contributed by atoms with Gasteiger partial charge in [0.2, 0.25) is 0 Å². The fourth-order valence-corrected chi connectivity index (χ4v) is 9.24. The molecule has 0 N–H and O–H groups in total. The Morgan fingerprint density at radius 1 is 0.411 bits per heavy atom. The zero-order chi connectivity index (χ0) is 38.0. The summed E-state index contributed by atoms with van der Waals surface area (Å²) in [5.74, 6) is 0. The van der Waals surface area contributed by atoms with E-state index >= 15 is 0 Å². The fourth-order valence-electron chi connectivity index (χ4n) is 9.24. The van der Waals surface area contributed by atoms with Gasteiger partial charge in [0.05, 0.1) is 16.7 Å². The quantitative estimate of drug-likeness (QED) is 0.166. The van der Waals surface area contributed by atoms with Crippen molar-refractivity contribution in [2.24, 2.45) is 0 Å². The van der Waals surface area contributed by atoms with Crippen LogP contribution in [0.1, 0.15) is 51.7 Å². The molecule has 0 unspecified atom stereocenters. The summed E-state index contributed by atoms with van der Waals surface area (Å²) in [6.45, 7) is 9.64. The number of anilines is 3. The molecular formula is C54H46N2. The number of hydrogen-bond acceptors (Lipinski definition) is 1. The Morgan fingerprint density at radius 3 is 1.73 bits per heavy atom. The molecule has 2 nitrogen and oxygen atoms in total. The van der Waals surface area contributed by atoms with Gasteiger partial charge in [0.15, 0.2) is 0 Å². The van der Waals surface area contributed by atoms with Crippen LogP contribution in [-0.2, 0) is 10.8 Å². The van der Waals surface area contributed by atoms with Crippen molar-refractivity contribution in [2.45, 2.75) is 51.4 Å². The van der Waals surface area contributed by atoms with E-state index < -0.39 is 0 Å². The molecule has 0 spiro atoms. The van der Waals surface area contributed by atoms with E-state index in [-0.39, 0.29) is 10.8 Å². The molecule has 9 aromatic rings. The molecule has 1 heterocycles. The molecule has 0 amide bonds. The highest BCUT2D eigenvalue weighted by atomic mass is 15.1. The van der Waals surface area contributed by atoms with E-state index in [2.05, 4.69) is 219 Å². The molecule has 56 heavy (non-hydrogen) atoms. The third-order valence-corrected chi connectivity index (χ3v) is 12.4. The van der Waals surface area contributed by atoms with Crippen LogP contribution in [0.15, 0.2) is 182 Å². The number of para-hydroxylation sites is 3. The molecular weight excluding hydrogens is 677 g/mol. The molecule has 1 aliphatic rings. The van der Waals surface area contributed by atoms with Gasteiger partial charge in [-0.15, -0.1) is 0 Å². The number of aromatic nitrogens is 1. The van der Waals surface area contributed by atoms with Crippen molar-refractivity contribution in [3.8, 4) is 27.9 Å². The molecule has 1 aliphatic carbocycles. The molecule has 0 bridgehead atoms. The largest absolute Gasteiger partial charge is 0.310 e. The first-order chi connectivity index (χ1) is 27.2. The Hall–Kier alpha value is -6.38. The summed E-state index contributed by atoms with van der Waals surface area (Å²) in [6.07, 6.45) is 2.37. The Labute approximate surface area is 330 Å².